The van der Waals surface area contributed by atoms with Crippen molar-refractivity contribution in [2.24, 2.45) is 0 Å². The van der Waals surface area contributed by atoms with Crippen LogP contribution in [0, 0.1) is 5.82 Å². The predicted molar refractivity (Wildman–Crippen MR) is 75.3 cm³/mol. The van der Waals surface area contributed by atoms with Gasteiger partial charge in [-0.25, -0.2) is 9.18 Å². The van der Waals surface area contributed by atoms with E-state index in [0.717, 1.165) is 0 Å². The number of carboxylic acid groups (broad SMARTS) is 1. The fourth-order valence-electron chi connectivity index (χ4n) is 1.47. The van der Waals surface area contributed by atoms with Gasteiger partial charge in [0.2, 0.25) is 0 Å². The molecular weight excluding hydrogens is 383 g/mol. The second-order valence-electron chi connectivity index (χ2n) is 3.59. The number of rotatable bonds is 3. The molecule has 0 aliphatic rings. The van der Waals surface area contributed by atoms with E-state index < -0.39 is 11.8 Å². The first kappa shape index (κ1) is 14.0. The molecule has 0 saturated carbocycles. The number of carbonyl (C=O) groups is 1. The van der Waals surface area contributed by atoms with Crippen molar-refractivity contribution in [3.05, 3.63) is 56.7 Å². The van der Waals surface area contributed by atoms with Gasteiger partial charge in [0.1, 0.15) is 22.9 Å². The molecule has 0 aliphatic carbocycles. The van der Waals surface area contributed by atoms with E-state index in [1.165, 1.54) is 24.3 Å². The highest BCUT2D eigenvalue weighted by molar-refractivity contribution is 9.10. The average molecular weight is 390 g/mol. The van der Waals surface area contributed by atoms with Crippen LogP contribution in [0.3, 0.4) is 0 Å². The lowest BCUT2D eigenvalue weighted by molar-refractivity contribution is 0.0693. The normalized spacial score (nSPS) is 10.3. The summed E-state index contributed by atoms with van der Waals surface area (Å²) in [6.07, 6.45) is 0. The number of ether oxygens (including phenoxy) is 1. The zero-order chi connectivity index (χ0) is 14.0. The molecule has 2 aromatic carbocycles. The van der Waals surface area contributed by atoms with E-state index in [1.807, 2.05) is 0 Å². The first-order chi connectivity index (χ1) is 8.99. The molecule has 0 aliphatic heterocycles. The van der Waals surface area contributed by atoms with Crippen LogP contribution in [0.5, 0.6) is 11.5 Å². The smallest absolute Gasteiger partial charge is 0.340 e. The minimum atomic E-state index is -1.11. The zero-order valence-corrected chi connectivity index (χ0v) is 12.5. The van der Waals surface area contributed by atoms with Crippen molar-refractivity contribution < 1.29 is 19.0 Å². The van der Waals surface area contributed by atoms with Gasteiger partial charge >= 0.3 is 5.97 Å². The van der Waals surface area contributed by atoms with E-state index in [0.29, 0.717) is 14.7 Å². The molecule has 19 heavy (non-hydrogen) atoms. The van der Waals surface area contributed by atoms with Gasteiger partial charge in [-0.15, -0.1) is 0 Å². The van der Waals surface area contributed by atoms with Crippen LogP contribution in [0.2, 0.25) is 0 Å². The molecule has 1 N–H and O–H groups in total. The van der Waals surface area contributed by atoms with Gasteiger partial charge < -0.3 is 9.84 Å². The fraction of sp³-hybridized carbons (Fsp3) is 0. The predicted octanol–water partition coefficient (Wildman–Crippen LogP) is 4.84. The third kappa shape index (κ3) is 3.13. The molecule has 0 aromatic heterocycles. The Bertz CT molecular complexity index is 644. The summed E-state index contributed by atoms with van der Waals surface area (Å²) in [5, 5.41) is 9.16. The Kier molecular flexibility index (Phi) is 4.21. The summed E-state index contributed by atoms with van der Waals surface area (Å²) >= 11 is 6.32. The second-order valence-corrected chi connectivity index (χ2v) is 5.30. The minimum Gasteiger partial charge on any atom is -0.478 e. The lowest BCUT2D eigenvalue weighted by Crippen LogP contribution is -2.01. The number of halogens is 3. The van der Waals surface area contributed by atoms with Crippen LogP contribution in [-0.2, 0) is 0 Å². The number of benzene rings is 2. The van der Waals surface area contributed by atoms with Crippen LogP contribution >= 0.6 is 31.9 Å². The Hall–Kier alpha value is -1.40. The molecule has 0 spiro atoms. The lowest BCUT2D eigenvalue weighted by Gasteiger charge is -2.11. The van der Waals surface area contributed by atoms with Crippen molar-refractivity contribution in [3.63, 3.8) is 0 Å². The zero-order valence-electron chi connectivity index (χ0n) is 9.36. The molecule has 3 nitrogen and oxygen atoms in total. The largest absolute Gasteiger partial charge is 0.478 e. The molecule has 0 amide bonds. The monoisotopic (exact) mass is 388 g/mol. The maximum atomic E-state index is 13.0. The van der Waals surface area contributed by atoms with Crippen LogP contribution in [0.15, 0.2) is 45.3 Å². The maximum Gasteiger partial charge on any atom is 0.340 e. The van der Waals surface area contributed by atoms with Crippen molar-refractivity contribution in [2.75, 3.05) is 0 Å². The van der Waals surface area contributed by atoms with Gasteiger partial charge in [0, 0.05) is 4.47 Å². The first-order valence-electron chi connectivity index (χ1n) is 5.13. The van der Waals surface area contributed by atoms with Crippen LogP contribution in [0.4, 0.5) is 4.39 Å². The van der Waals surface area contributed by atoms with E-state index in [9.17, 15) is 9.18 Å². The lowest BCUT2D eigenvalue weighted by atomic mass is 10.2. The average Bonchev–Trinajstić information content (AvgIpc) is 2.32. The minimum absolute atomic E-state index is 0.0127. The molecule has 98 valence electrons. The molecule has 0 atom stereocenters. The van der Waals surface area contributed by atoms with E-state index in [-0.39, 0.29) is 11.3 Å². The Balaban J connectivity index is 2.44. The van der Waals surface area contributed by atoms with Gasteiger partial charge in [-0.05, 0) is 62.2 Å². The van der Waals surface area contributed by atoms with Crippen molar-refractivity contribution >= 4 is 37.8 Å². The highest BCUT2D eigenvalue weighted by Gasteiger charge is 2.16. The van der Waals surface area contributed by atoms with E-state index in [1.54, 1.807) is 12.1 Å². The van der Waals surface area contributed by atoms with Gasteiger partial charge in [0.05, 0.1) is 4.47 Å². The Labute approximate surface area is 125 Å². The van der Waals surface area contributed by atoms with Crippen LogP contribution in [0.25, 0.3) is 0 Å². The molecule has 0 saturated heterocycles. The molecular formula is C13H7Br2FO3. The number of carboxylic acids is 1. The van der Waals surface area contributed by atoms with Gasteiger partial charge in [-0.1, -0.05) is 6.07 Å². The number of aromatic carboxylic acids is 1. The number of hydrogen-bond acceptors (Lipinski definition) is 2. The van der Waals surface area contributed by atoms with E-state index in [2.05, 4.69) is 31.9 Å². The summed E-state index contributed by atoms with van der Waals surface area (Å²) in [6, 6.07) is 8.70. The van der Waals surface area contributed by atoms with E-state index in [4.69, 9.17) is 9.84 Å². The van der Waals surface area contributed by atoms with Crippen molar-refractivity contribution in [3.8, 4) is 11.5 Å². The van der Waals surface area contributed by atoms with Crippen LogP contribution in [0.1, 0.15) is 10.4 Å². The standard InChI is InChI=1S/C13H7Br2FO3/c14-8-2-1-3-11(12(8)13(17)18)19-10-5-4-7(16)6-9(10)15/h1-6H,(H,17,18). The molecule has 0 fully saturated rings. The third-order valence-electron chi connectivity index (χ3n) is 2.30. The molecule has 0 radical (unpaired) electrons. The van der Waals surface area contributed by atoms with Gasteiger partial charge in [-0.3, -0.25) is 0 Å². The molecule has 0 heterocycles. The van der Waals surface area contributed by atoms with Crippen molar-refractivity contribution in [1.29, 1.82) is 0 Å². The molecule has 0 unspecified atom stereocenters. The SMILES string of the molecule is O=C(O)c1c(Br)cccc1Oc1ccc(F)cc1Br. The van der Waals surface area contributed by atoms with Gasteiger partial charge in [0.25, 0.3) is 0 Å². The maximum absolute atomic E-state index is 13.0. The first-order valence-corrected chi connectivity index (χ1v) is 6.72. The third-order valence-corrected chi connectivity index (χ3v) is 3.58. The van der Waals surface area contributed by atoms with E-state index >= 15 is 0 Å². The Morgan fingerprint density at radius 2 is 1.84 bits per heavy atom. The molecule has 6 heteroatoms. The van der Waals surface area contributed by atoms with Gasteiger partial charge in [-0.2, -0.15) is 0 Å². The quantitative estimate of drug-likeness (QED) is 0.816. The summed E-state index contributed by atoms with van der Waals surface area (Å²) < 4.78 is 19.3. The second kappa shape index (κ2) is 5.71. The Morgan fingerprint density at radius 1 is 1.11 bits per heavy atom. The summed E-state index contributed by atoms with van der Waals surface area (Å²) in [5.41, 5.74) is 0.0127. The summed E-state index contributed by atoms with van der Waals surface area (Å²) in [5.74, 6) is -1.01. The van der Waals surface area contributed by atoms with Crippen LogP contribution < -0.4 is 4.74 Å². The Morgan fingerprint density at radius 3 is 2.47 bits per heavy atom. The topological polar surface area (TPSA) is 46.5 Å². The van der Waals surface area contributed by atoms with Crippen molar-refractivity contribution in [2.45, 2.75) is 0 Å². The number of hydrogen-bond donors (Lipinski definition) is 1. The highest BCUT2D eigenvalue weighted by Crippen LogP contribution is 2.34. The summed E-state index contributed by atoms with van der Waals surface area (Å²) in [7, 11) is 0. The van der Waals surface area contributed by atoms with Gasteiger partial charge in [0.15, 0.2) is 0 Å². The summed E-state index contributed by atoms with van der Waals surface area (Å²) in [4.78, 5) is 11.2. The fourth-order valence-corrected chi connectivity index (χ4v) is 2.42. The summed E-state index contributed by atoms with van der Waals surface area (Å²) in [6.45, 7) is 0. The molecule has 2 aromatic rings. The molecule has 0 bridgehead atoms. The van der Waals surface area contributed by atoms with Crippen LogP contribution in [-0.4, -0.2) is 11.1 Å². The van der Waals surface area contributed by atoms with Crippen molar-refractivity contribution in [1.82, 2.24) is 0 Å². The molecule has 2 rings (SSSR count). The highest BCUT2D eigenvalue weighted by atomic mass is 79.9.